The van der Waals surface area contributed by atoms with Crippen LogP contribution in [0.25, 0.3) is 0 Å². The van der Waals surface area contributed by atoms with E-state index in [1.165, 1.54) is 42.3 Å². The summed E-state index contributed by atoms with van der Waals surface area (Å²) in [6, 6.07) is 10.2. The van der Waals surface area contributed by atoms with Crippen LogP contribution in [0.15, 0.2) is 42.5 Å². The predicted octanol–water partition coefficient (Wildman–Crippen LogP) is 2.31. The molecule has 30 heavy (non-hydrogen) atoms. The Morgan fingerprint density at radius 3 is 2.33 bits per heavy atom. The molecule has 9 heteroatoms. The summed E-state index contributed by atoms with van der Waals surface area (Å²) in [6.07, 6.45) is 0. The summed E-state index contributed by atoms with van der Waals surface area (Å²) >= 11 is 0. The molecule has 0 atom stereocenters. The number of carboxylic acids is 1. The second kappa shape index (κ2) is 7.86. The van der Waals surface area contributed by atoms with Crippen LogP contribution in [0.2, 0.25) is 0 Å². The van der Waals surface area contributed by atoms with E-state index in [2.05, 4.69) is 10.1 Å². The Morgan fingerprint density at radius 2 is 1.73 bits per heavy atom. The Morgan fingerprint density at radius 1 is 1.10 bits per heavy atom. The van der Waals surface area contributed by atoms with Gasteiger partial charge in [0.25, 0.3) is 5.91 Å². The van der Waals surface area contributed by atoms with E-state index in [-0.39, 0.29) is 17.9 Å². The SMILES string of the molecule is COC(=O)c1ccc(NC(=O)CN2C(=O)C(C)(C)Oc3cc(C(=O)O)ccc32)cc1. The molecule has 1 aliphatic heterocycles. The Hall–Kier alpha value is -3.88. The van der Waals surface area contributed by atoms with E-state index in [1.807, 2.05) is 0 Å². The molecule has 2 aromatic carbocycles. The number of amides is 2. The van der Waals surface area contributed by atoms with Crippen LogP contribution in [0.1, 0.15) is 34.6 Å². The smallest absolute Gasteiger partial charge is 0.337 e. The van der Waals surface area contributed by atoms with Gasteiger partial charge in [0.1, 0.15) is 12.3 Å². The van der Waals surface area contributed by atoms with Gasteiger partial charge < -0.3 is 19.9 Å². The molecular weight excluding hydrogens is 392 g/mol. The van der Waals surface area contributed by atoms with E-state index in [0.29, 0.717) is 16.9 Å². The molecule has 3 rings (SSSR count). The van der Waals surface area contributed by atoms with Crippen LogP contribution in [0, 0.1) is 0 Å². The van der Waals surface area contributed by atoms with Crippen LogP contribution in [0.5, 0.6) is 5.75 Å². The summed E-state index contributed by atoms with van der Waals surface area (Å²) in [7, 11) is 1.27. The molecule has 0 aromatic heterocycles. The number of carbonyl (C=O) groups excluding carboxylic acids is 3. The largest absolute Gasteiger partial charge is 0.478 e. The first kappa shape index (κ1) is 20.8. The molecule has 0 spiro atoms. The number of ether oxygens (including phenoxy) is 2. The fourth-order valence-electron chi connectivity index (χ4n) is 3.01. The predicted molar refractivity (Wildman–Crippen MR) is 107 cm³/mol. The highest BCUT2D eigenvalue weighted by Crippen LogP contribution is 2.38. The molecule has 0 bridgehead atoms. The van der Waals surface area contributed by atoms with E-state index < -0.39 is 29.4 Å². The summed E-state index contributed by atoms with van der Waals surface area (Å²) in [5, 5.41) is 11.8. The standard InChI is InChI=1S/C21H20N2O7/c1-21(2)20(28)23(15-9-6-13(18(25)26)10-16(15)30-21)11-17(24)22-14-7-4-12(5-8-14)19(27)29-3/h4-10H,11H2,1-3H3,(H,22,24)(H,25,26). The summed E-state index contributed by atoms with van der Waals surface area (Å²) in [4.78, 5) is 49.4. The molecule has 9 nitrogen and oxygen atoms in total. The number of carboxylic acid groups (broad SMARTS) is 1. The van der Waals surface area contributed by atoms with E-state index in [0.717, 1.165) is 0 Å². The molecular formula is C21H20N2O7. The monoisotopic (exact) mass is 412 g/mol. The number of hydrogen-bond donors (Lipinski definition) is 2. The van der Waals surface area contributed by atoms with Gasteiger partial charge in [-0.25, -0.2) is 9.59 Å². The maximum atomic E-state index is 12.8. The van der Waals surface area contributed by atoms with Gasteiger partial charge in [-0.15, -0.1) is 0 Å². The van der Waals surface area contributed by atoms with Gasteiger partial charge in [-0.2, -0.15) is 0 Å². The lowest BCUT2D eigenvalue weighted by molar-refractivity contribution is -0.133. The summed E-state index contributed by atoms with van der Waals surface area (Å²) in [5.74, 6) is -2.33. The van der Waals surface area contributed by atoms with E-state index in [1.54, 1.807) is 26.0 Å². The Labute approximate surface area is 172 Å². The van der Waals surface area contributed by atoms with Gasteiger partial charge in [-0.1, -0.05) is 0 Å². The average Bonchev–Trinajstić information content (AvgIpc) is 2.70. The van der Waals surface area contributed by atoms with Gasteiger partial charge in [0, 0.05) is 5.69 Å². The topological polar surface area (TPSA) is 122 Å². The number of methoxy groups -OCH3 is 1. The number of aromatic carboxylic acids is 1. The molecule has 2 aromatic rings. The minimum absolute atomic E-state index is 0.00833. The lowest BCUT2D eigenvalue weighted by Gasteiger charge is -2.38. The van der Waals surface area contributed by atoms with Crippen molar-refractivity contribution in [3.8, 4) is 5.75 Å². The van der Waals surface area contributed by atoms with Crippen molar-refractivity contribution in [3.63, 3.8) is 0 Å². The number of anilines is 2. The number of carbonyl (C=O) groups is 4. The van der Waals surface area contributed by atoms with Gasteiger partial charge in [0.05, 0.1) is 23.9 Å². The van der Waals surface area contributed by atoms with Crippen molar-refractivity contribution in [3.05, 3.63) is 53.6 Å². The molecule has 0 saturated carbocycles. The van der Waals surface area contributed by atoms with E-state index >= 15 is 0 Å². The Balaban J connectivity index is 1.81. The molecule has 0 unspecified atom stereocenters. The third-order valence-electron chi connectivity index (χ3n) is 4.51. The van der Waals surface area contributed by atoms with Crippen molar-refractivity contribution in [1.82, 2.24) is 0 Å². The zero-order chi connectivity index (χ0) is 22.1. The molecule has 0 saturated heterocycles. The van der Waals surface area contributed by atoms with Crippen molar-refractivity contribution in [2.45, 2.75) is 19.4 Å². The normalized spacial score (nSPS) is 14.4. The highest BCUT2D eigenvalue weighted by atomic mass is 16.5. The number of nitrogens with one attached hydrogen (secondary N) is 1. The lowest BCUT2D eigenvalue weighted by Crippen LogP contribution is -2.54. The number of hydrogen-bond acceptors (Lipinski definition) is 6. The molecule has 0 aliphatic carbocycles. The maximum absolute atomic E-state index is 12.8. The van der Waals surface area contributed by atoms with E-state index in [4.69, 9.17) is 4.74 Å². The minimum Gasteiger partial charge on any atom is -0.478 e. The highest BCUT2D eigenvalue weighted by molar-refractivity contribution is 6.08. The minimum atomic E-state index is -1.27. The van der Waals surface area contributed by atoms with Crippen LogP contribution in [-0.4, -0.2) is 48.1 Å². The zero-order valence-corrected chi connectivity index (χ0v) is 16.6. The third-order valence-corrected chi connectivity index (χ3v) is 4.51. The summed E-state index contributed by atoms with van der Waals surface area (Å²) < 4.78 is 10.3. The average molecular weight is 412 g/mol. The maximum Gasteiger partial charge on any atom is 0.337 e. The second-order valence-corrected chi connectivity index (χ2v) is 7.11. The fraction of sp³-hybridized carbons (Fsp3) is 0.238. The first-order valence-corrected chi connectivity index (χ1v) is 8.99. The zero-order valence-electron chi connectivity index (χ0n) is 16.6. The molecule has 2 N–H and O–H groups in total. The van der Waals surface area contributed by atoms with Crippen LogP contribution >= 0.6 is 0 Å². The number of benzene rings is 2. The van der Waals surface area contributed by atoms with Gasteiger partial charge >= 0.3 is 11.9 Å². The summed E-state index contributed by atoms with van der Waals surface area (Å²) in [6.45, 7) is 2.79. The number of fused-ring (bicyclic) bond motifs is 1. The number of esters is 1. The summed E-state index contributed by atoms with van der Waals surface area (Å²) in [5.41, 5.74) is -0.181. The molecule has 1 heterocycles. The molecule has 2 amide bonds. The molecule has 0 fully saturated rings. The van der Waals surface area contributed by atoms with Crippen molar-refractivity contribution < 1.29 is 33.8 Å². The van der Waals surface area contributed by atoms with Crippen LogP contribution in [0.4, 0.5) is 11.4 Å². The van der Waals surface area contributed by atoms with Crippen molar-refractivity contribution in [2.75, 3.05) is 23.9 Å². The molecule has 1 aliphatic rings. The van der Waals surface area contributed by atoms with Gasteiger partial charge in [0.15, 0.2) is 5.60 Å². The van der Waals surface area contributed by atoms with Crippen molar-refractivity contribution >= 4 is 35.1 Å². The number of nitrogens with zero attached hydrogens (tertiary/aromatic N) is 1. The van der Waals surface area contributed by atoms with Crippen LogP contribution in [-0.2, 0) is 14.3 Å². The first-order chi connectivity index (χ1) is 14.1. The third kappa shape index (κ3) is 4.09. The van der Waals surface area contributed by atoms with Crippen molar-refractivity contribution in [2.24, 2.45) is 0 Å². The molecule has 0 radical (unpaired) electrons. The number of rotatable bonds is 5. The quantitative estimate of drug-likeness (QED) is 0.723. The molecule has 156 valence electrons. The Bertz CT molecular complexity index is 1030. The first-order valence-electron chi connectivity index (χ1n) is 8.99. The van der Waals surface area contributed by atoms with Gasteiger partial charge in [0.2, 0.25) is 5.91 Å². The van der Waals surface area contributed by atoms with Gasteiger partial charge in [-0.05, 0) is 56.3 Å². The lowest BCUT2D eigenvalue weighted by atomic mass is 10.0. The van der Waals surface area contributed by atoms with E-state index in [9.17, 15) is 24.3 Å². The highest BCUT2D eigenvalue weighted by Gasteiger charge is 2.41. The van der Waals surface area contributed by atoms with Crippen LogP contribution in [0.3, 0.4) is 0 Å². The van der Waals surface area contributed by atoms with Crippen molar-refractivity contribution in [1.29, 1.82) is 0 Å². The Kier molecular flexibility index (Phi) is 5.46. The van der Waals surface area contributed by atoms with Crippen LogP contribution < -0.4 is 15.0 Å². The van der Waals surface area contributed by atoms with Gasteiger partial charge in [-0.3, -0.25) is 14.5 Å². The second-order valence-electron chi connectivity index (χ2n) is 7.11. The fourth-order valence-corrected chi connectivity index (χ4v) is 3.01.